The number of nitrogens with one attached hydrogen (secondary N) is 2. The van der Waals surface area contributed by atoms with Crippen LogP contribution in [0.2, 0.25) is 0 Å². The van der Waals surface area contributed by atoms with E-state index in [1.54, 1.807) is 14.2 Å². The third kappa shape index (κ3) is 5.13. The van der Waals surface area contributed by atoms with Gasteiger partial charge in [-0.25, -0.2) is 8.42 Å². The Morgan fingerprint density at radius 3 is 2.78 bits per heavy atom. The van der Waals surface area contributed by atoms with Gasteiger partial charge in [-0.1, -0.05) is 12.1 Å². The number of hydrogen-bond donors (Lipinski definition) is 2. The molecule has 1 aromatic carbocycles. The predicted molar refractivity (Wildman–Crippen MR) is 92.7 cm³/mol. The van der Waals surface area contributed by atoms with Crippen molar-refractivity contribution in [2.45, 2.75) is 19.9 Å². The number of hydrogen-bond acceptors (Lipinski definition) is 4. The number of nitrogens with zero attached hydrogens (tertiary/aromatic N) is 1. The molecule has 0 amide bonds. The zero-order valence-electron chi connectivity index (χ0n) is 13.9. The van der Waals surface area contributed by atoms with Crippen LogP contribution in [0.15, 0.2) is 23.2 Å². The lowest BCUT2D eigenvalue weighted by atomic mass is 10.1. The number of guanidine groups is 1. The summed E-state index contributed by atoms with van der Waals surface area (Å²) in [5, 5.41) is 6.44. The molecule has 1 heterocycles. The van der Waals surface area contributed by atoms with Gasteiger partial charge < -0.3 is 15.4 Å². The number of benzene rings is 1. The van der Waals surface area contributed by atoms with Crippen molar-refractivity contribution >= 4 is 15.8 Å². The summed E-state index contributed by atoms with van der Waals surface area (Å²) in [5.74, 6) is 2.23. The van der Waals surface area contributed by atoms with Crippen LogP contribution in [0.5, 0.6) is 5.75 Å². The molecule has 1 aliphatic heterocycles. The van der Waals surface area contributed by atoms with E-state index < -0.39 is 9.84 Å². The summed E-state index contributed by atoms with van der Waals surface area (Å²) < 4.78 is 28.3. The van der Waals surface area contributed by atoms with Gasteiger partial charge in [0.25, 0.3) is 0 Å². The number of rotatable bonds is 5. The van der Waals surface area contributed by atoms with Crippen LogP contribution < -0.4 is 15.4 Å². The van der Waals surface area contributed by atoms with Gasteiger partial charge in [-0.3, -0.25) is 4.99 Å². The summed E-state index contributed by atoms with van der Waals surface area (Å²) in [5.41, 5.74) is 2.19. The number of aliphatic imine (C=N–C) groups is 1. The van der Waals surface area contributed by atoms with E-state index in [1.807, 2.05) is 25.1 Å². The fourth-order valence-corrected chi connectivity index (χ4v) is 4.53. The zero-order chi connectivity index (χ0) is 16.9. The molecule has 0 bridgehead atoms. The van der Waals surface area contributed by atoms with Gasteiger partial charge in [0.1, 0.15) is 5.75 Å². The molecule has 0 radical (unpaired) electrons. The Morgan fingerprint density at radius 1 is 1.39 bits per heavy atom. The first-order valence-corrected chi connectivity index (χ1v) is 9.54. The molecule has 0 saturated carbocycles. The normalized spacial score (nSPS) is 20.3. The summed E-state index contributed by atoms with van der Waals surface area (Å²) in [6.07, 6.45) is 0.720. The SMILES string of the molecule is CN=C(NCc1ccc(C)cc1OC)NCC1CCS(=O)(=O)C1. The van der Waals surface area contributed by atoms with E-state index in [1.165, 1.54) is 0 Å². The van der Waals surface area contributed by atoms with E-state index in [2.05, 4.69) is 15.6 Å². The predicted octanol–water partition coefficient (Wildman–Crippen LogP) is 1.10. The van der Waals surface area contributed by atoms with Crippen LogP contribution in [0, 0.1) is 12.8 Å². The van der Waals surface area contributed by atoms with Gasteiger partial charge in [-0.15, -0.1) is 0 Å². The molecule has 1 saturated heterocycles. The molecule has 1 aromatic rings. The van der Waals surface area contributed by atoms with E-state index in [4.69, 9.17) is 4.74 Å². The van der Waals surface area contributed by atoms with E-state index in [0.29, 0.717) is 24.8 Å². The van der Waals surface area contributed by atoms with Gasteiger partial charge >= 0.3 is 0 Å². The molecule has 1 aliphatic rings. The van der Waals surface area contributed by atoms with Gasteiger partial charge in [0, 0.05) is 25.7 Å². The van der Waals surface area contributed by atoms with Gasteiger partial charge in [-0.05, 0) is 30.9 Å². The van der Waals surface area contributed by atoms with Gasteiger partial charge in [0.15, 0.2) is 15.8 Å². The molecule has 7 heteroatoms. The largest absolute Gasteiger partial charge is 0.496 e. The van der Waals surface area contributed by atoms with Crippen molar-refractivity contribution in [2.24, 2.45) is 10.9 Å². The molecule has 6 nitrogen and oxygen atoms in total. The molecule has 23 heavy (non-hydrogen) atoms. The molecular formula is C16H25N3O3S. The summed E-state index contributed by atoms with van der Waals surface area (Å²) in [6.45, 7) is 3.23. The average molecular weight is 339 g/mol. The van der Waals surface area contributed by atoms with Crippen LogP contribution in [-0.4, -0.2) is 46.6 Å². The van der Waals surface area contributed by atoms with Crippen LogP contribution in [-0.2, 0) is 16.4 Å². The second kappa shape index (κ2) is 7.68. The van der Waals surface area contributed by atoms with Crippen molar-refractivity contribution < 1.29 is 13.2 Å². The smallest absolute Gasteiger partial charge is 0.191 e. The van der Waals surface area contributed by atoms with Crippen molar-refractivity contribution in [3.8, 4) is 5.75 Å². The van der Waals surface area contributed by atoms with Crippen molar-refractivity contribution in [3.05, 3.63) is 29.3 Å². The van der Waals surface area contributed by atoms with E-state index in [0.717, 1.165) is 23.3 Å². The number of aryl methyl sites for hydroxylation is 1. The van der Waals surface area contributed by atoms with Gasteiger partial charge in [0.2, 0.25) is 0 Å². The van der Waals surface area contributed by atoms with Crippen LogP contribution in [0.3, 0.4) is 0 Å². The van der Waals surface area contributed by atoms with Crippen molar-refractivity contribution in [1.82, 2.24) is 10.6 Å². The first-order valence-electron chi connectivity index (χ1n) is 7.72. The minimum atomic E-state index is -2.84. The van der Waals surface area contributed by atoms with Gasteiger partial charge in [-0.2, -0.15) is 0 Å². The average Bonchev–Trinajstić information content (AvgIpc) is 2.87. The number of methoxy groups -OCH3 is 1. The second-order valence-corrected chi connectivity index (χ2v) is 8.12. The molecule has 0 aliphatic carbocycles. The lowest BCUT2D eigenvalue weighted by molar-refractivity contribution is 0.408. The molecule has 2 N–H and O–H groups in total. The first kappa shape index (κ1) is 17.6. The number of sulfone groups is 1. The maximum atomic E-state index is 11.5. The Labute approximate surface area is 138 Å². The Balaban J connectivity index is 1.86. The quantitative estimate of drug-likeness (QED) is 0.620. The first-order chi connectivity index (χ1) is 10.9. The summed E-state index contributed by atoms with van der Waals surface area (Å²) >= 11 is 0. The fourth-order valence-electron chi connectivity index (χ4n) is 2.67. The van der Waals surface area contributed by atoms with Crippen LogP contribution in [0.25, 0.3) is 0 Å². The fraction of sp³-hybridized carbons (Fsp3) is 0.562. The summed E-state index contributed by atoms with van der Waals surface area (Å²) in [7, 11) is 0.525. The van der Waals surface area contributed by atoms with E-state index in [9.17, 15) is 8.42 Å². The molecular weight excluding hydrogens is 314 g/mol. The molecule has 2 rings (SSSR count). The topological polar surface area (TPSA) is 79.8 Å². The molecule has 1 unspecified atom stereocenters. The minimum absolute atomic E-state index is 0.160. The number of ether oxygens (including phenoxy) is 1. The molecule has 1 fully saturated rings. The molecule has 1 atom stereocenters. The van der Waals surface area contributed by atoms with E-state index in [-0.39, 0.29) is 11.7 Å². The monoisotopic (exact) mass is 339 g/mol. The highest BCUT2D eigenvalue weighted by molar-refractivity contribution is 7.91. The standard InChI is InChI=1S/C16H25N3O3S/c1-12-4-5-14(15(8-12)22-3)10-19-16(17-2)18-9-13-6-7-23(20,21)11-13/h4-5,8,13H,6-7,9-11H2,1-3H3,(H2,17,18,19). The second-order valence-electron chi connectivity index (χ2n) is 5.89. The molecule has 0 aromatic heterocycles. The van der Waals surface area contributed by atoms with Crippen LogP contribution in [0.1, 0.15) is 17.5 Å². The Morgan fingerprint density at radius 2 is 2.17 bits per heavy atom. The van der Waals surface area contributed by atoms with Crippen LogP contribution >= 0.6 is 0 Å². The highest BCUT2D eigenvalue weighted by Gasteiger charge is 2.27. The summed E-state index contributed by atoms with van der Waals surface area (Å²) in [6, 6.07) is 6.06. The highest BCUT2D eigenvalue weighted by atomic mass is 32.2. The van der Waals surface area contributed by atoms with E-state index >= 15 is 0 Å². The third-order valence-electron chi connectivity index (χ3n) is 4.00. The van der Waals surface area contributed by atoms with Crippen LogP contribution in [0.4, 0.5) is 0 Å². The maximum absolute atomic E-state index is 11.5. The third-order valence-corrected chi connectivity index (χ3v) is 5.83. The lowest BCUT2D eigenvalue weighted by Crippen LogP contribution is -2.39. The Bertz CT molecular complexity index is 671. The van der Waals surface area contributed by atoms with Crippen molar-refractivity contribution in [3.63, 3.8) is 0 Å². The van der Waals surface area contributed by atoms with Crippen molar-refractivity contribution in [1.29, 1.82) is 0 Å². The highest BCUT2D eigenvalue weighted by Crippen LogP contribution is 2.19. The maximum Gasteiger partial charge on any atom is 0.191 e. The zero-order valence-corrected chi connectivity index (χ0v) is 14.7. The van der Waals surface area contributed by atoms with Gasteiger partial charge in [0.05, 0.1) is 18.6 Å². The minimum Gasteiger partial charge on any atom is -0.496 e. The Hall–Kier alpha value is -1.76. The summed E-state index contributed by atoms with van der Waals surface area (Å²) in [4.78, 5) is 4.18. The Kier molecular flexibility index (Phi) is 5.87. The molecule has 0 spiro atoms. The van der Waals surface area contributed by atoms with Crippen molar-refractivity contribution in [2.75, 3.05) is 32.2 Å². The lowest BCUT2D eigenvalue weighted by Gasteiger charge is -2.16. The molecule has 128 valence electrons.